The van der Waals surface area contributed by atoms with Crippen molar-refractivity contribution in [3.8, 4) is 0 Å². The first-order valence-electron chi connectivity index (χ1n) is 6.32. The largest absolute Gasteiger partial charge is 0.330 e. The molecule has 1 aliphatic carbocycles. The van der Waals surface area contributed by atoms with Gasteiger partial charge in [0.15, 0.2) is 0 Å². The zero-order valence-corrected chi connectivity index (χ0v) is 9.30. The summed E-state index contributed by atoms with van der Waals surface area (Å²) in [5.41, 5.74) is 6.30. The van der Waals surface area contributed by atoms with E-state index in [0.717, 1.165) is 6.54 Å². The molecule has 2 fully saturated rings. The van der Waals surface area contributed by atoms with Crippen LogP contribution >= 0.6 is 0 Å². The van der Waals surface area contributed by atoms with Crippen molar-refractivity contribution < 1.29 is 0 Å². The number of hydrogen-bond donors (Lipinski definition) is 1. The van der Waals surface area contributed by atoms with Gasteiger partial charge in [0.1, 0.15) is 0 Å². The Labute approximate surface area is 87.8 Å². The normalized spacial score (nSPS) is 28.1. The van der Waals surface area contributed by atoms with E-state index in [1.807, 2.05) is 0 Å². The Hall–Kier alpha value is -0.0800. The van der Waals surface area contributed by atoms with E-state index in [1.54, 1.807) is 0 Å². The molecule has 0 amide bonds. The first kappa shape index (κ1) is 10.4. The molecule has 82 valence electrons. The van der Waals surface area contributed by atoms with Gasteiger partial charge in [-0.3, -0.25) is 4.90 Å². The highest BCUT2D eigenvalue weighted by Gasteiger charge is 2.38. The van der Waals surface area contributed by atoms with E-state index in [1.165, 1.54) is 64.5 Å². The number of rotatable bonds is 3. The molecule has 14 heavy (non-hydrogen) atoms. The molecule has 0 atom stereocenters. The Morgan fingerprint density at radius 1 is 0.929 bits per heavy atom. The molecule has 2 heteroatoms. The monoisotopic (exact) mass is 196 g/mol. The summed E-state index contributed by atoms with van der Waals surface area (Å²) in [6.45, 7) is 3.54. The van der Waals surface area contributed by atoms with Crippen LogP contribution in [0.25, 0.3) is 0 Å². The average Bonchev–Trinajstić information content (AvgIpc) is 2.70. The molecule has 0 aromatic heterocycles. The first-order chi connectivity index (χ1) is 6.87. The third kappa shape index (κ3) is 1.96. The lowest BCUT2D eigenvalue weighted by Crippen LogP contribution is -2.50. The standard InChI is InChI=1S/C12H24N2/c13-9-8-12(6-2-3-7-12)14-10-4-1-5-11-14/h1-11,13H2. The summed E-state index contributed by atoms with van der Waals surface area (Å²) in [5.74, 6) is 0. The zero-order valence-electron chi connectivity index (χ0n) is 9.30. The van der Waals surface area contributed by atoms with Crippen molar-refractivity contribution >= 4 is 0 Å². The fourth-order valence-electron chi connectivity index (χ4n) is 3.39. The van der Waals surface area contributed by atoms with Crippen molar-refractivity contribution in [1.29, 1.82) is 0 Å². The zero-order chi connectivity index (χ0) is 9.86. The van der Waals surface area contributed by atoms with E-state index in [0.29, 0.717) is 5.54 Å². The highest BCUT2D eigenvalue weighted by atomic mass is 15.2. The van der Waals surface area contributed by atoms with Gasteiger partial charge in [0, 0.05) is 5.54 Å². The molecule has 0 aromatic carbocycles. The van der Waals surface area contributed by atoms with Crippen LogP contribution in [0.4, 0.5) is 0 Å². The van der Waals surface area contributed by atoms with E-state index in [4.69, 9.17) is 5.73 Å². The number of hydrogen-bond acceptors (Lipinski definition) is 2. The Bertz CT molecular complexity index is 167. The van der Waals surface area contributed by atoms with Gasteiger partial charge in [-0.1, -0.05) is 19.3 Å². The maximum absolute atomic E-state index is 5.77. The molecular formula is C12H24N2. The lowest BCUT2D eigenvalue weighted by Gasteiger charge is -2.43. The van der Waals surface area contributed by atoms with Gasteiger partial charge in [-0.15, -0.1) is 0 Å². The van der Waals surface area contributed by atoms with E-state index >= 15 is 0 Å². The van der Waals surface area contributed by atoms with Gasteiger partial charge in [-0.2, -0.15) is 0 Å². The van der Waals surface area contributed by atoms with Gasteiger partial charge < -0.3 is 5.73 Å². The predicted molar refractivity (Wildman–Crippen MR) is 60.3 cm³/mol. The van der Waals surface area contributed by atoms with Crippen molar-refractivity contribution in [1.82, 2.24) is 4.90 Å². The fourth-order valence-corrected chi connectivity index (χ4v) is 3.39. The summed E-state index contributed by atoms with van der Waals surface area (Å²) < 4.78 is 0. The topological polar surface area (TPSA) is 29.3 Å². The lowest BCUT2D eigenvalue weighted by atomic mass is 9.89. The Kier molecular flexibility index (Phi) is 3.45. The number of piperidine rings is 1. The van der Waals surface area contributed by atoms with Crippen LogP contribution in [0.3, 0.4) is 0 Å². The highest BCUT2D eigenvalue weighted by molar-refractivity contribution is 4.95. The Morgan fingerprint density at radius 2 is 1.57 bits per heavy atom. The summed E-state index contributed by atoms with van der Waals surface area (Å²) in [4.78, 5) is 2.76. The van der Waals surface area contributed by atoms with Gasteiger partial charge in [-0.25, -0.2) is 0 Å². The smallest absolute Gasteiger partial charge is 0.0221 e. The molecule has 1 aliphatic heterocycles. The molecule has 2 nitrogen and oxygen atoms in total. The third-order valence-corrected chi connectivity index (χ3v) is 4.17. The van der Waals surface area contributed by atoms with Crippen LogP contribution in [0.15, 0.2) is 0 Å². The molecule has 2 rings (SSSR count). The number of nitrogens with zero attached hydrogens (tertiary/aromatic N) is 1. The minimum atomic E-state index is 0.523. The molecular weight excluding hydrogens is 172 g/mol. The van der Waals surface area contributed by atoms with Gasteiger partial charge >= 0.3 is 0 Å². The van der Waals surface area contributed by atoms with Crippen molar-refractivity contribution in [2.75, 3.05) is 19.6 Å². The van der Waals surface area contributed by atoms with Crippen molar-refractivity contribution in [2.24, 2.45) is 5.73 Å². The first-order valence-corrected chi connectivity index (χ1v) is 6.32. The van der Waals surface area contributed by atoms with Crippen LogP contribution in [0.2, 0.25) is 0 Å². The summed E-state index contributed by atoms with van der Waals surface area (Å²) in [6, 6.07) is 0. The highest BCUT2D eigenvalue weighted by Crippen LogP contribution is 2.39. The molecule has 0 spiro atoms. The second kappa shape index (κ2) is 4.63. The Balaban J connectivity index is 2.00. The van der Waals surface area contributed by atoms with E-state index in [-0.39, 0.29) is 0 Å². The number of nitrogens with two attached hydrogens (primary N) is 1. The summed E-state index contributed by atoms with van der Waals surface area (Å²) in [5, 5.41) is 0. The van der Waals surface area contributed by atoms with E-state index in [9.17, 15) is 0 Å². The predicted octanol–water partition coefficient (Wildman–Crippen LogP) is 2.13. The second-order valence-electron chi connectivity index (χ2n) is 5.02. The lowest BCUT2D eigenvalue weighted by molar-refractivity contribution is 0.0650. The molecule has 0 radical (unpaired) electrons. The van der Waals surface area contributed by atoms with Crippen LogP contribution in [0.5, 0.6) is 0 Å². The van der Waals surface area contributed by atoms with Gasteiger partial charge in [-0.05, 0) is 51.7 Å². The average molecular weight is 196 g/mol. The van der Waals surface area contributed by atoms with Crippen LogP contribution in [0.1, 0.15) is 51.4 Å². The SMILES string of the molecule is NCCC1(N2CCCCC2)CCCC1. The molecule has 1 heterocycles. The van der Waals surface area contributed by atoms with Gasteiger partial charge in [0.05, 0.1) is 0 Å². The minimum Gasteiger partial charge on any atom is -0.330 e. The van der Waals surface area contributed by atoms with Gasteiger partial charge in [0.25, 0.3) is 0 Å². The minimum absolute atomic E-state index is 0.523. The van der Waals surface area contributed by atoms with E-state index < -0.39 is 0 Å². The number of likely N-dealkylation sites (tertiary alicyclic amines) is 1. The molecule has 0 unspecified atom stereocenters. The van der Waals surface area contributed by atoms with Crippen molar-refractivity contribution in [3.05, 3.63) is 0 Å². The maximum Gasteiger partial charge on any atom is 0.0221 e. The third-order valence-electron chi connectivity index (χ3n) is 4.17. The quantitative estimate of drug-likeness (QED) is 0.749. The molecule has 0 bridgehead atoms. The fraction of sp³-hybridized carbons (Fsp3) is 1.00. The molecule has 2 N–H and O–H groups in total. The molecule has 0 aromatic rings. The van der Waals surface area contributed by atoms with Crippen LogP contribution < -0.4 is 5.73 Å². The van der Waals surface area contributed by atoms with Crippen molar-refractivity contribution in [3.63, 3.8) is 0 Å². The maximum atomic E-state index is 5.77. The molecule has 2 aliphatic rings. The van der Waals surface area contributed by atoms with Crippen LogP contribution in [-0.4, -0.2) is 30.1 Å². The van der Waals surface area contributed by atoms with Crippen LogP contribution in [-0.2, 0) is 0 Å². The van der Waals surface area contributed by atoms with E-state index in [2.05, 4.69) is 4.90 Å². The summed E-state index contributed by atoms with van der Waals surface area (Å²) in [6.07, 6.45) is 11.2. The Morgan fingerprint density at radius 3 is 2.14 bits per heavy atom. The summed E-state index contributed by atoms with van der Waals surface area (Å²) >= 11 is 0. The second-order valence-corrected chi connectivity index (χ2v) is 5.02. The molecule has 1 saturated carbocycles. The van der Waals surface area contributed by atoms with Gasteiger partial charge in [0.2, 0.25) is 0 Å². The molecule has 1 saturated heterocycles. The summed E-state index contributed by atoms with van der Waals surface area (Å²) in [7, 11) is 0. The van der Waals surface area contributed by atoms with Crippen molar-refractivity contribution in [2.45, 2.75) is 56.9 Å². The van der Waals surface area contributed by atoms with Crippen LogP contribution in [0, 0.1) is 0 Å².